The highest BCUT2D eigenvalue weighted by Crippen LogP contribution is 2.03. The highest BCUT2D eigenvalue weighted by Gasteiger charge is 2.05. The van der Waals surface area contributed by atoms with Gasteiger partial charge in [0.1, 0.15) is 0 Å². The van der Waals surface area contributed by atoms with Crippen LogP contribution < -0.4 is 5.19 Å². The molecule has 70 valence electrons. The van der Waals surface area contributed by atoms with Crippen molar-refractivity contribution >= 4 is 54.8 Å². The molecule has 0 saturated carbocycles. The second-order valence-corrected chi connectivity index (χ2v) is 7.27. The minimum atomic E-state index is -0.710. The van der Waals surface area contributed by atoms with Crippen LogP contribution in [0.4, 0.5) is 0 Å². The molecule has 1 aromatic rings. The first-order chi connectivity index (χ1) is 6.09. The van der Waals surface area contributed by atoms with Gasteiger partial charge in [-0.15, -0.1) is 23.2 Å². The Morgan fingerprint density at radius 1 is 1.38 bits per heavy atom. The summed E-state index contributed by atoms with van der Waals surface area (Å²) in [5, 5.41) is 0.595. The van der Waals surface area contributed by atoms with E-state index in [1.165, 1.54) is 0 Å². The zero-order valence-electron chi connectivity index (χ0n) is 6.64. The molecule has 1 rings (SSSR count). The van der Waals surface area contributed by atoms with Gasteiger partial charge in [0.05, 0.1) is 14.0 Å². The van der Waals surface area contributed by atoms with E-state index in [4.69, 9.17) is 34.8 Å². The van der Waals surface area contributed by atoms with Gasteiger partial charge >= 0.3 is 0 Å². The SMILES string of the molecule is O=C(Cl)c1cccc([SiH2]C(Cl)Cl)c1. The van der Waals surface area contributed by atoms with Gasteiger partial charge in [0, 0.05) is 5.56 Å². The van der Waals surface area contributed by atoms with Crippen LogP contribution >= 0.6 is 34.8 Å². The maximum atomic E-state index is 10.8. The van der Waals surface area contributed by atoms with E-state index in [2.05, 4.69) is 0 Å². The molecule has 0 saturated heterocycles. The third-order valence-corrected chi connectivity index (χ3v) is 3.91. The summed E-state index contributed by atoms with van der Waals surface area (Å²) >= 11 is 16.6. The van der Waals surface area contributed by atoms with Crippen LogP contribution in [0.3, 0.4) is 0 Å². The van der Waals surface area contributed by atoms with Gasteiger partial charge in [-0.05, 0) is 11.6 Å². The van der Waals surface area contributed by atoms with Crippen LogP contribution in [0.1, 0.15) is 10.4 Å². The third-order valence-electron chi connectivity index (χ3n) is 1.54. The Morgan fingerprint density at radius 2 is 2.08 bits per heavy atom. The average molecular weight is 254 g/mol. The molecule has 0 amide bonds. The lowest BCUT2D eigenvalue weighted by Crippen LogP contribution is -2.20. The fraction of sp³-hybridized carbons (Fsp3) is 0.125. The predicted octanol–water partition coefficient (Wildman–Crippen LogP) is 1.62. The van der Waals surface area contributed by atoms with E-state index in [-0.39, 0.29) is 4.46 Å². The summed E-state index contributed by atoms with van der Waals surface area (Å²) in [5.41, 5.74) is 0.501. The van der Waals surface area contributed by atoms with Crippen LogP contribution in [0.25, 0.3) is 0 Å². The molecule has 0 aliphatic heterocycles. The van der Waals surface area contributed by atoms with Gasteiger partial charge in [0.2, 0.25) is 0 Å². The lowest BCUT2D eigenvalue weighted by molar-refractivity contribution is 0.108. The molecule has 0 radical (unpaired) electrons. The summed E-state index contributed by atoms with van der Waals surface area (Å²) < 4.78 is -0.319. The monoisotopic (exact) mass is 252 g/mol. The Bertz CT molecular complexity index is 314. The van der Waals surface area contributed by atoms with Gasteiger partial charge in [-0.25, -0.2) is 0 Å². The molecule has 0 aromatic heterocycles. The second kappa shape index (κ2) is 5.01. The van der Waals surface area contributed by atoms with Crippen molar-refractivity contribution in [3.8, 4) is 0 Å². The summed E-state index contributed by atoms with van der Waals surface area (Å²) in [4.78, 5) is 10.8. The maximum Gasteiger partial charge on any atom is 0.252 e. The summed E-state index contributed by atoms with van der Waals surface area (Å²) in [6.45, 7) is 0. The largest absolute Gasteiger partial charge is 0.276 e. The number of benzene rings is 1. The van der Waals surface area contributed by atoms with Crippen molar-refractivity contribution in [1.29, 1.82) is 0 Å². The first kappa shape index (κ1) is 11.1. The van der Waals surface area contributed by atoms with Crippen LogP contribution in [0, 0.1) is 0 Å². The van der Waals surface area contributed by atoms with Crippen molar-refractivity contribution < 1.29 is 4.79 Å². The van der Waals surface area contributed by atoms with Gasteiger partial charge in [-0.2, -0.15) is 0 Å². The molecule has 0 aliphatic rings. The fourth-order valence-electron chi connectivity index (χ4n) is 0.999. The number of hydrogen-bond acceptors (Lipinski definition) is 1. The molecule has 0 bridgehead atoms. The molecule has 0 heterocycles. The van der Waals surface area contributed by atoms with Gasteiger partial charge in [-0.3, -0.25) is 4.79 Å². The Balaban J connectivity index is 2.85. The number of halogens is 3. The van der Waals surface area contributed by atoms with E-state index >= 15 is 0 Å². The number of rotatable bonds is 3. The van der Waals surface area contributed by atoms with Crippen molar-refractivity contribution in [3.05, 3.63) is 29.8 Å². The summed E-state index contributed by atoms with van der Waals surface area (Å²) in [5.74, 6) is 0. The molecule has 0 fully saturated rings. The maximum absolute atomic E-state index is 10.8. The molecular weight excluding hydrogens is 247 g/mol. The summed E-state index contributed by atoms with van der Waals surface area (Å²) in [7, 11) is -0.710. The smallest absolute Gasteiger partial charge is 0.252 e. The van der Waals surface area contributed by atoms with Crippen LogP contribution in [-0.2, 0) is 0 Å². The van der Waals surface area contributed by atoms with Gasteiger partial charge in [0.15, 0.2) is 0 Å². The normalized spacial score (nSPS) is 11.4. The average Bonchev–Trinajstić information content (AvgIpc) is 2.03. The topological polar surface area (TPSA) is 17.1 Å². The quantitative estimate of drug-likeness (QED) is 0.455. The lowest BCUT2D eigenvalue weighted by Gasteiger charge is -2.01. The Labute approximate surface area is 93.8 Å². The second-order valence-electron chi connectivity index (χ2n) is 2.57. The van der Waals surface area contributed by atoms with Crippen molar-refractivity contribution in [2.24, 2.45) is 0 Å². The molecular formula is C8H7Cl3OSi. The molecule has 13 heavy (non-hydrogen) atoms. The predicted molar refractivity (Wildman–Crippen MR) is 60.3 cm³/mol. The summed E-state index contributed by atoms with van der Waals surface area (Å²) in [6, 6.07) is 7.12. The molecule has 0 unspecified atom stereocenters. The van der Waals surface area contributed by atoms with Crippen LogP contribution in [0.5, 0.6) is 0 Å². The van der Waals surface area contributed by atoms with Gasteiger partial charge in [-0.1, -0.05) is 29.5 Å². The van der Waals surface area contributed by atoms with Crippen molar-refractivity contribution in [3.63, 3.8) is 0 Å². The fourth-order valence-corrected chi connectivity index (χ4v) is 3.15. The van der Waals surface area contributed by atoms with Crippen molar-refractivity contribution in [2.75, 3.05) is 0 Å². The van der Waals surface area contributed by atoms with Gasteiger partial charge in [0.25, 0.3) is 5.24 Å². The molecule has 0 N–H and O–H groups in total. The molecule has 0 spiro atoms. The van der Waals surface area contributed by atoms with Crippen molar-refractivity contribution in [2.45, 2.75) is 4.46 Å². The standard InChI is InChI=1S/C8H7Cl3OSi/c9-7(12)5-2-1-3-6(4-5)13-8(10)11/h1-4,8H,13H2. The number of alkyl halides is 2. The Kier molecular flexibility index (Phi) is 4.26. The lowest BCUT2D eigenvalue weighted by atomic mass is 10.2. The van der Waals surface area contributed by atoms with E-state index in [0.717, 1.165) is 5.19 Å². The minimum absolute atomic E-state index is 0.319. The molecule has 1 nitrogen and oxygen atoms in total. The number of carbonyl (C=O) groups is 1. The summed E-state index contributed by atoms with van der Waals surface area (Å²) in [6.07, 6.45) is 0. The third kappa shape index (κ3) is 3.69. The zero-order chi connectivity index (χ0) is 9.84. The Hall–Kier alpha value is -0.0231. The molecule has 0 atom stereocenters. The highest BCUT2D eigenvalue weighted by molar-refractivity contribution is 6.76. The number of hydrogen-bond donors (Lipinski definition) is 0. The minimum Gasteiger partial charge on any atom is -0.276 e. The first-order valence-electron chi connectivity index (χ1n) is 3.66. The van der Waals surface area contributed by atoms with E-state index in [1.807, 2.05) is 6.07 Å². The molecule has 5 heteroatoms. The van der Waals surface area contributed by atoms with Gasteiger partial charge < -0.3 is 0 Å². The molecule has 1 aromatic carbocycles. The first-order valence-corrected chi connectivity index (χ1v) is 6.44. The van der Waals surface area contributed by atoms with Crippen LogP contribution in [0.15, 0.2) is 24.3 Å². The van der Waals surface area contributed by atoms with E-state index < -0.39 is 14.8 Å². The van der Waals surface area contributed by atoms with E-state index in [0.29, 0.717) is 5.56 Å². The zero-order valence-corrected chi connectivity index (χ0v) is 10.3. The van der Waals surface area contributed by atoms with E-state index in [9.17, 15) is 4.79 Å². The van der Waals surface area contributed by atoms with Crippen LogP contribution in [-0.4, -0.2) is 19.2 Å². The van der Waals surface area contributed by atoms with Crippen LogP contribution in [0.2, 0.25) is 0 Å². The number of carbonyl (C=O) groups excluding carboxylic acids is 1. The highest BCUT2D eigenvalue weighted by atomic mass is 35.5. The van der Waals surface area contributed by atoms with Crippen molar-refractivity contribution in [1.82, 2.24) is 0 Å². The van der Waals surface area contributed by atoms with E-state index in [1.54, 1.807) is 18.2 Å². The molecule has 0 aliphatic carbocycles. The Morgan fingerprint density at radius 3 is 2.62 bits per heavy atom.